The fourth-order valence-corrected chi connectivity index (χ4v) is 3.55. The quantitative estimate of drug-likeness (QED) is 0.853. The van der Waals surface area contributed by atoms with Gasteiger partial charge in [0.15, 0.2) is 0 Å². The van der Waals surface area contributed by atoms with Crippen molar-refractivity contribution in [3.05, 3.63) is 65.5 Å². The number of carbonyl (C=O) groups is 2. The van der Waals surface area contributed by atoms with Gasteiger partial charge in [-0.15, -0.1) is 0 Å². The Hall–Kier alpha value is -2.89. The molecule has 3 amide bonds. The Morgan fingerprint density at radius 3 is 2.26 bits per heavy atom. The minimum absolute atomic E-state index is 0.181. The van der Waals surface area contributed by atoms with Crippen molar-refractivity contribution < 1.29 is 14.0 Å². The first-order chi connectivity index (χ1) is 13.1. The van der Waals surface area contributed by atoms with E-state index in [0.717, 1.165) is 36.1 Å². The third kappa shape index (κ3) is 4.45. The lowest BCUT2D eigenvalue weighted by Gasteiger charge is -2.18. The van der Waals surface area contributed by atoms with Crippen LogP contribution < -0.4 is 10.6 Å². The molecule has 2 aromatic rings. The van der Waals surface area contributed by atoms with Gasteiger partial charge in [-0.25, -0.2) is 9.18 Å². The minimum Gasteiger partial charge on any atom is -0.342 e. The molecule has 27 heavy (non-hydrogen) atoms. The summed E-state index contributed by atoms with van der Waals surface area (Å²) in [4.78, 5) is 26.2. The average molecular weight is 367 g/mol. The molecule has 2 fully saturated rings. The van der Waals surface area contributed by atoms with Crippen LogP contribution in [0.4, 0.5) is 14.9 Å². The molecule has 140 valence electrons. The van der Waals surface area contributed by atoms with E-state index in [2.05, 4.69) is 10.6 Å². The second-order valence-electron chi connectivity index (χ2n) is 7.36. The number of nitrogens with zero attached hydrogens (tertiary/aromatic N) is 1. The number of hydrogen-bond donors (Lipinski definition) is 2. The molecule has 0 aromatic heterocycles. The summed E-state index contributed by atoms with van der Waals surface area (Å²) < 4.78 is 12.9. The number of anilines is 1. The highest BCUT2D eigenvalue weighted by Gasteiger charge is 2.46. The normalized spacial score (nSPS) is 20.1. The van der Waals surface area contributed by atoms with Crippen LogP contribution in [0.1, 0.15) is 17.5 Å². The topological polar surface area (TPSA) is 61.4 Å². The van der Waals surface area contributed by atoms with Gasteiger partial charge in [0.05, 0.1) is 6.42 Å². The summed E-state index contributed by atoms with van der Waals surface area (Å²) in [5.41, 5.74) is 2.42. The van der Waals surface area contributed by atoms with E-state index in [1.807, 2.05) is 17.0 Å². The van der Waals surface area contributed by atoms with Crippen molar-refractivity contribution in [2.75, 3.05) is 18.4 Å². The van der Waals surface area contributed by atoms with Crippen LogP contribution in [-0.4, -0.2) is 29.9 Å². The Labute approximate surface area is 157 Å². The van der Waals surface area contributed by atoms with E-state index in [9.17, 15) is 14.0 Å². The summed E-state index contributed by atoms with van der Waals surface area (Å²) in [6, 6.07) is 13.0. The molecule has 6 heteroatoms. The second kappa shape index (κ2) is 7.39. The highest BCUT2D eigenvalue weighted by atomic mass is 19.1. The molecule has 1 saturated carbocycles. The van der Waals surface area contributed by atoms with Crippen LogP contribution in [0.15, 0.2) is 48.5 Å². The zero-order valence-electron chi connectivity index (χ0n) is 15.0. The molecular formula is C21H22FN3O2. The van der Waals surface area contributed by atoms with Gasteiger partial charge in [0.1, 0.15) is 5.82 Å². The number of benzene rings is 2. The number of amides is 3. The van der Waals surface area contributed by atoms with E-state index in [4.69, 9.17) is 0 Å². The maximum absolute atomic E-state index is 12.9. The third-order valence-corrected chi connectivity index (χ3v) is 5.27. The SMILES string of the molecule is O=C(NCc1ccc(F)cc1)Nc1ccc(CC(=O)N2CC3CC3C2)cc1. The fourth-order valence-electron chi connectivity index (χ4n) is 3.55. The first kappa shape index (κ1) is 17.5. The maximum atomic E-state index is 12.9. The maximum Gasteiger partial charge on any atom is 0.319 e. The predicted octanol–water partition coefficient (Wildman–Crippen LogP) is 3.17. The monoisotopic (exact) mass is 367 g/mol. The Morgan fingerprint density at radius 1 is 0.963 bits per heavy atom. The average Bonchev–Trinajstić information content (AvgIpc) is 3.28. The van der Waals surface area contributed by atoms with E-state index in [1.165, 1.54) is 18.6 Å². The molecule has 1 aliphatic heterocycles. The van der Waals surface area contributed by atoms with Crippen LogP contribution in [0, 0.1) is 17.7 Å². The van der Waals surface area contributed by atoms with Crippen LogP contribution in [0.2, 0.25) is 0 Å². The zero-order chi connectivity index (χ0) is 18.8. The standard InChI is InChI=1S/C21H22FN3O2/c22-18-5-1-15(2-6-18)11-23-21(27)24-19-7-3-14(4-8-19)9-20(26)25-12-16-10-17(16)13-25/h1-8,16-17H,9-13H2,(H2,23,24,27). The molecule has 2 N–H and O–H groups in total. The summed E-state index contributed by atoms with van der Waals surface area (Å²) in [5.74, 6) is 1.37. The van der Waals surface area contributed by atoms with Crippen molar-refractivity contribution >= 4 is 17.6 Å². The first-order valence-electron chi connectivity index (χ1n) is 9.23. The molecule has 0 radical (unpaired) electrons. The van der Waals surface area contributed by atoms with Crippen molar-refractivity contribution in [2.45, 2.75) is 19.4 Å². The van der Waals surface area contributed by atoms with Crippen LogP contribution in [0.3, 0.4) is 0 Å². The largest absolute Gasteiger partial charge is 0.342 e. The smallest absolute Gasteiger partial charge is 0.319 e. The number of rotatable bonds is 5. The molecule has 0 bridgehead atoms. The summed E-state index contributed by atoms with van der Waals surface area (Å²) in [7, 11) is 0. The Morgan fingerprint density at radius 2 is 1.59 bits per heavy atom. The Bertz CT molecular complexity index is 826. The van der Waals surface area contributed by atoms with E-state index >= 15 is 0 Å². The number of halogens is 1. The first-order valence-corrected chi connectivity index (χ1v) is 9.23. The predicted molar refractivity (Wildman–Crippen MR) is 101 cm³/mol. The number of carbonyl (C=O) groups excluding carboxylic acids is 2. The molecule has 1 saturated heterocycles. The van der Waals surface area contributed by atoms with Crippen molar-refractivity contribution in [2.24, 2.45) is 11.8 Å². The summed E-state index contributed by atoms with van der Waals surface area (Å²) in [6.07, 6.45) is 1.68. The van der Waals surface area contributed by atoms with Crippen LogP contribution >= 0.6 is 0 Å². The molecule has 1 heterocycles. The summed E-state index contributed by atoms with van der Waals surface area (Å²) >= 11 is 0. The number of fused-ring (bicyclic) bond motifs is 1. The minimum atomic E-state index is -0.334. The van der Waals surface area contributed by atoms with Gasteiger partial charge >= 0.3 is 6.03 Å². The van der Waals surface area contributed by atoms with E-state index in [-0.39, 0.29) is 17.8 Å². The molecule has 4 rings (SSSR count). The van der Waals surface area contributed by atoms with Crippen molar-refractivity contribution in [1.29, 1.82) is 0 Å². The number of hydrogen-bond acceptors (Lipinski definition) is 2. The van der Waals surface area contributed by atoms with Crippen molar-refractivity contribution in [3.8, 4) is 0 Å². The molecule has 2 aromatic carbocycles. The molecule has 0 spiro atoms. The number of likely N-dealkylation sites (tertiary alicyclic amines) is 1. The van der Waals surface area contributed by atoms with E-state index < -0.39 is 0 Å². The number of piperidine rings is 1. The lowest BCUT2D eigenvalue weighted by Crippen LogP contribution is -2.31. The molecule has 2 unspecified atom stereocenters. The number of nitrogens with one attached hydrogen (secondary N) is 2. The lowest BCUT2D eigenvalue weighted by molar-refractivity contribution is -0.129. The van der Waals surface area contributed by atoms with Crippen LogP contribution in [0.25, 0.3) is 0 Å². The lowest BCUT2D eigenvalue weighted by atomic mass is 10.1. The van der Waals surface area contributed by atoms with Gasteiger partial charge in [-0.05, 0) is 53.6 Å². The third-order valence-electron chi connectivity index (χ3n) is 5.27. The van der Waals surface area contributed by atoms with Crippen molar-refractivity contribution in [1.82, 2.24) is 10.2 Å². The van der Waals surface area contributed by atoms with Gasteiger partial charge in [-0.2, -0.15) is 0 Å². The van der Waals surface area contributed by atoms with Gasteiger partial charge in [0.2, 0.25) is 5.91 Å². The van der Waals surface area contributed by atoms with Crippen molar-refractivity contribution in [3.63, 3.8) is 0 Å². The molecular weight excluding hydrogens is 345 g/mol. The van der Waals surface area contributed by atoms with Gasteiger partial charge in [0, 0.05) is 25.3 Å². The van der Waals surface area contributed by atoms with E-state index in [0.29, 0.717) is 18.7 Å². The van der Waals surface area contributed by atoms with E-state index in [1.54, 1.807) is 24.3 Å². The molecule has 2 aliphatic rings. The molecule has 5 nitrogen and oxygen atoms in total. The van der Waals surface area contributed by atoms with Gasteiger partial charge in [-0.3, -0.25) is 4.79 Å². The highest BCUT2D eigenvalue weighted by Crippen LogP contribution is 2.44. The summed E-state index contributed by atoms with van der Waals surface area (Å²) in [5, 5.41) is 5.48. The van der Waals surface area contributed by atoms with Crippen LogP contribution in [-0.2, 0) is 17.8 Å². The number of urea groups is 1. The molecule has 1 aliphatic carbocycles. The Kier molecular flexibility index (Phi) is 4.79. The van der Waals surface area contributed by atoms with Gasteiger partial charge < -0.3 is 15.5 Å². The van der Waals surface area contributed by atoms with Gasteiger partial charge in [0.25, 0.3) is 0 Å². The zero-order valence-corrected chi connectivity index (χ0v) is 15.0. The summed E-state index contributed by atoms with van der Waals surface area (Å²) in [6.45, 7) is 2.14. The van der Waals surface area contributed by atoms with Crippen LogP contribution in [0.5, 0.6) is 0 Å². The second-order valence-corrected chi connectivity index (χ2v) is 7.36. The highest BCUT2D eigenvalue weighted by molar-refractivity contribution is 5.89. The Balaban J connectivity index is 1.24. The van der Waals surface area contributed by atoms with Gasteiger partial charge in [-0.1, -0.05) is 24.3 Å². The fraction of sp³-hybridized carbons (Fsp3) is 0.333. The molecule has 2 atom stereocenters.